The minimum absolute atomic E-state index is 0.00997. The Bertz CT molecular complexity index is 1100. The second kappa shape index (κ2) is 8.29. The molecule has 1 fully saturated rings. The van der Waals surface area contributed by atoms with E-state index in [1.54, 1.807) is 25.3 Å². The molecule has 0 bridgehead atoms. The van der Waals surface area contributed by atoms with E-state index in [9.17, 15) is 13.2 Å². The zero-order valence-corrected chi connectivity index (χ0v) is 17.7. The highest BCUT2D eigenvalue weighted by atomic mass is 19.4. The van der Waals surface area contributed by atoms with Crippen LogP contribution in [-0.4, -0.2) is 53.6 Å². The minimum atomic E-state index is -4.56. The quantitative estimate of drug-likeness (QED) is 0.638. The van der Waals surface area contributed by atoms with Gasteiger partial charge in [-0.25, -0.2) is 0 Å². The Morgan fingerprint density at radius 2 is 2.00 bits per heavy atom. The molecule has 0 amide bonds. The first-order valence-electron chi connectivity index (χ1n) is 10.7. The lowest BCUT2D eigenvalue weighted by molar-refractivity contribution is -0.211. The first-order chi connectivity index (χ1) is 15.4. The average Bonchev–Trinajstić information content (AvgIpc) is 3.25. The molecule has 1 aromatic heterocycles. The standard InChI is InChI=1S/C23H25F3N4O2/c1-31-15-6-5-11-29(12-15)20-14-32-21-10-3-2-7-16(21)22(20)27-18-8-4-9-19-17(18)13-30(28-19)23(24,25)26/h2-4,7-10,13,15,20,22,27H,5-6,11-12,14H2,1H3/t15-,20?,22-/m0/s1. The summed E-state index contributed by atoms with van der Waals surface area (Å²) in [5, 5.41) is 7.69. The van der Waals surface area contributed by atoms with Gasteiger partial charge in [0.15, 0.2) is 0 Å². The number of piperidine rings is 1. The Morgan fingerprint density at radius 1 is 1.16 bits per heavy atom. The molecule has 6 nitrogen and oxygen atoms in total. The number of halogens is 3. The van der Waals surface area contributed by atoms with Crippen LogP contribution in [-0.2, 0) is 11.0 Å². The molecular weight excluding hydrogens is 421 g/mol. The molecule has 3 atom stereocenters. The van der Waals surface area contributed by atoms with Gasteiger partial charge in [0.2, 0.25) is 0 Å². The highest BCUT2D eigenvalue weighted by Gasteiger charge is 2.38. The summed E-state index contributed by atoms with van der Waals surface area (Å²) < 4.78 is 51.4. The third kappa shape index (κ3) is 3.91. The lowest BCUT2D eigenvalue weighted by atomic mass is 9.92. The topological polar surface area (TPSA) is 51.6 Å². The predicted octanol–water partition coefficient (Wildman–Crippen LogP) is 4.54. The van der Waals surface area contributed by atoms with Gasteiger partial charge in [-0.05, 0) is 37.6 Å². The molecule has 2 aliphatic heterocycles. The van der Waals surface area contributed by atoms with Crippen molar-refractivity contribution in [3.8, 4) is 5.75 Å². The number of ether oxygens (including phenoxy) is 2. The fraction of sp³-hybridized carbons (Fsp3) is 0.435. The van der Waals surface area contributed by atoms with Gasteiger partial charge in [-0.1, -0.05) is 24.3 Å². The Kier molecular flexibility index (Phi) is 5.46. The van der Waals surface area contributed by atoms with E-state index in [0.717, 1.165) is 43.4 Å². The van der Waals surface area contributed by atoms with Crippen molar-refractivity contribution in [2.45, 2.75) is 37.3 Å². The van der Waals surface area contributed by atoms with Crippen LogP contribution in [0.1, 0.15) is 24.4 Å². The monoisotopic (exact) mass is 446 g/mol. The summed E-state index contributed by atoms with van der Waals surface area (Å²) in [6.07, 6.45) is -1.31. The van der Waals surface area contributed by atoms with Crippen molar-refractivity contribution in [3.63, 3.8) is 0 Å². The van der Waals surface area contributed by atoms with E-state index in [1.165, 1.54) is 0 Å². The van der Waals surface area contributed by atoms with E-state index in [0.29, 0.717) is 23.2 Å². The molecule has 0 aliphatic carbocycles. The molecule has 0 saturated carbocycles. The van der Waals surface area contributed by atoms with Crippen molar-refractivity contribution in [3.05, 3.63) is 54.2 Å². The highest BCUT2D eigenvalue weighted by Crippen LogP contribution is 2.39. The van der Waals surface area contributed by atoms with Crippen LogP contribution in [0.2, 0.25) is 0 Å². The van der Waals surface area contributed by atoms with E-state index >= 15 is 0 Å². The summed E-state index contributed by atoms with van der Waals surface area (Å²) in [6.45, 7) is 2.20. The maximum atomic E-state index is 13.2. The highest BCUT2D eigenvalue weighted by molar-refractivity contribution is 5.91. The molecule has 1 N–H and O–H groups in total. The predicted molar refractivity (Wildman–Crippen MR) is 115 cm³/mol. The van der Waals surface area contributed by atoms with Crippen molar-refractivity contribution < 1.29 is 22.6 Å². The first-order valence-corrected chi connectivity index (χ1v) is 10.7. The molecule has 3 aromatic rings. The van der Waals surface area contributed by atoms with E-state index in [-0.39, 0.29) is 22.9 Å². The zero-order chi connectivity index (χ0) is 22.3. The van der Waals surface area contributed by atoms with Gasteiger partial charge in [0, 0.05) is 36.5 Å². The van der Waals surface area contributed by atoms with Crippen LogP contribution < -0.4 is 10.1 Å². The number of anilines is 1. The maximum Gasteiger partial charge on any atom is 0.504 e. The van der Waals surface area contributed by atoms with Crippen LogP contribution in [0.4, 0.5) is 18.9 Å². The molecule has 2 aromatic carbocycles. The van der Waals surface area contributed by atoms with E-state index < -0.39 is 6.30 Å². The molecule has 2 aliphatic rings. The SMILES string of the molecule is CO[C@H]1CCCN(C2COc3ccccc3[C@@H]2Nc2cccc3nn(C(F)(F)F)cc23)C1. The van der Waals surface area contributed by atoms with Crippen LogP contribution in [0.5, 0.6) is 5.75 Å². The summed E-state index contributed by atoms with van der Waals surface area (Å²) in [5.74, 6) is 0.791. The first kappa shape index (κ1) is 21.1. The number of benzene rings is 2. The molecule has 1 saturated heterocycles. The average molecular weight is 446 g/mol. The largest absolute Gasteiger partial charge is 0.504 e. The number of para-hydroxylation sites is 1. The van der Waals surface area contributed by atoms with Crippen molar-refractivity contribution in [2.75, 3.05) is 32.1 Å². The van der Waals surface area contributed by atoms with Gasteiger partial charge in [-0.2, -0.15) is 9.78 Å². The summed E-state index contributed by atoms with van der Waals surface area (Å²) in [4.78, 5) is 2.37. The summed E-state index contributed by atoms with van der Waals surface area (Å²) in [6, 6.07) is 12.8. The van der Waals surface area contributed by atoms with Crippen molar-refractivity contribution in [2.24, 2.45) is 0 Å². The number of nitrogens with zero attached hydrogens (tertiary/aromatic N) is 3. The third-order valence-electron chi connectivity index (χ3n) is 6.38. The summed E-state index contributed by atoms with van der Waals surface area (Å²) in [7, 11) is 1.73. The fourth-order valence-electron chi connectivity index (χ4n) is 4.76. The molecule has 1 unspecified atom stereocenters. The lowest BCUT2D eigenvalue weighted by Crippen LogP contribution is -2.53. The number of nitrogens with one attached hydrogen (secondary N) is 1. The molecule has 3 heterocycles. The van der Waals surface area contributed by atoms with Crippen LogP contribution in [0.25, 0.3) is 10.9 Å². The Balaban J connectivity index is 1.52. The normalized spacial score (nSPS) is 24.2. The molecule has 0 radical (unpaired) electrons. The molecular formula is C23H25F3N4O2. The molecule has 0 spiro atoms. The number of alkyl halides is 3. The molecule has 5 rings (SSSR count). The smallest absolute Gasteiger partial charge is 0.491 e. The number of hydrogen-bond acceptors (Lipinski definition) is 5. The van der Waals surface area contributed by atoms with Crippen molar-refractivity contribution >= 4 is 16.6 Å². The molecule has 170 valence electrons. The number of hydrogen-bond donors (Lipinski definition) is 1. The summed E-state index contributed by atoms with van der Waals surface area (Å²) >= 11 is 0. The number of aromatic nitrogens is 2. The van der Waals surface area contributed by atoms with Gasteiger partial charge in [-0.3, -0.25) is 4.90 Å². The third-order valence-corrected chi connectivity index (χ3v) is 6.38. The van der Waals surface area contributed by atoms with E-state index in [2.05, 4.69) is 15.3 Å². The van der Waals surface area contributed by atoms with Gasteiger partial charge in [0.05, 0.1) is 23.7 Å². The number of rotatable bonds is 4. The maximum absolute atomic E-state index is 13.2. The Labute approximate surface area is 183 Å². The van der Waals surface area contributed by atoms with Gasteiger partial charge in [0.25, 0.3) is 0 Å². The van der Waals surface area contributed by atoms with Crippen LogP contribution in [0.15, 0.2) is 48.7 Å². The fourth-order valence-corrected chi connectivity index (χ4v) is 4.76. The zero-order valence-electron chi connectivity index (χ0n) is 17.7. The minimum Gasteiger partial charge on any atom is -0.491 e. The number of likely N-dealkylation sites (tertiary alicyclic amines) is 1. The van der Waals surface area contributed by atoms with Gasteiger partial charge in [-0.15, -0.1) is 13.2 Å². The molecule has 9 heteroatoms. The Hall–Kier alpha value is -2.78. The summed E-state index contributed by atoms with van der Waals surface area (Å²) in [5.41, 5.74) is 1.90. The number of methoxy groups -OCH3 is 1. The second-order valence-electron chi connectivity index (χ2n) is 8.31. The second-order valence-corrected chi connectivity index (χ2v) is 8.31. The van der Waals surface area contributed by atoms with Crippen LogP contribution in [0.3, 0.4) is 0 Å². The molecule has 32 heavy (non-hydrogen) atoms. The van der Waals surface area contributed by atoms with E-state index in [1.807, 2.05) is 24.3 Å². The van der Waals surface area contributed by atoms with Crippen molar-refractivity contribution in [1.29, 1.82) is 0 Å². The van der Waals surface area contributed by atoms with Gasteiger partial charge in [0.1, 0.15) is 12.4 Å². The van der Waals surface area contributed by atoms with Crippen LogP contribution in [0, 0.1) is 0 Å². The number of fused-ring (bicyclic) bond motifs is 2. The van der Waals surface area contributed by atoms with Gasteiger partial charge >= 0.3 is 6.30 Å². The van der Waals surface area contributed by atoms with Gasteiger partial charge < -0.3 is 14.8 Å². The lowest BCUT2D eigenvalue weighted by Gasteiger charge is -2.44. The Morgan fingerprint density at radius 3 is 2.81 bits per heavy atom. The van der Waals surface area contributed by atoms with Crippen molar-refractivity contribution in [1.82, 2.24) is 14.7 Å². The van der Waals surface area contributed by atoms with E-state index in [4.69, 9.17) is 9.47 Å². The van der Waals surface area contributed by atoms with Crippen LogP contribution >= 0.6 is 0 Å².